The number of rotatable bonds is 9. The molecule has 0 saturated heterocycles. The lowest BCUT2D eigenvalue weighted by Crippen LogP contribution is -2.20. The van der Waals surface area contributed by atoms with Crippen molar-refractivity contribution in [1.82, 2.24) is 20.2 Å². The van der Waals surface area contributed by atoms with E-state index in [9.17, 15) is 9.18 Å². The molecular weight excluding hydrogens is 711 g/mol. The number of nitrogens with two attached hydrogens (primary N) is 1. The maximum atomic E-state index is 13.3. The number of benzene rings is 2. The number of hydrogen-bond acceptors (Lipinski definition) is 9. The van der Waals surface area contributed by atoms with E-state index in [2.05, 4.69) is 52.5 Å². The van der Waals surface area contributed by atoms with Gasteiger partial charge in [0.2, 0.25) is 11.8 Å². The van der Waals surface area contributed by atoms with E-state index in [4.69, 9.17) is 31.5 Å². The fraction of sp³-hybridized carbons (Fsp3) is 0.341. The third kappa shape index (κ3) is 7.24. The number of ether oxygens (including phenoxy) is 1. The minimum atomic E-state index is -0.530. The van der Waals surface area contributed by atoms with Gasteiger partial charge in [0, 0.05) is 41.2 Å². The maximum Gasteiger partial charge on any atom is 0.251 e. The number of nitrogens with one attached hydrogen (secondary N) is 1. The summed E-state index contributed by atoms with van der Waals surface area (Å²) in [5, 5.41) is 13.5. The molecule has 9 nitrogen and oxygen atoms in total. The molecule has 2 aromatic carbocycles. The molecule has 4 heterocycles. The summed E-state index contributed by atoms with van der Waals surface area (Å²) in [6, 6.07) is 13.5. The van der Waals surface area contributed by atoms with Gasteiger partial charge in [0.25, 0.3) is 5.91 Å². The first-order chi connectivity index (χ1) is 25.6. The van der Waals surface area contributed by atoms with Crippen LogP contribution in [0.15, 0.2) is 53.1 Å². The molecule has 53 heavy (non-hydrogen) atoms. The van der Waals surface area contributed by atoms with Gasteiger partial charge in [0.15, 0.2) is 11.6 Å². The Labute approximate surface area is 317 Å². The second-order valence-corrected chi connectivity index (χ2v) is 15.5. The Morgan fingerprint density at radius 3 is 2.64 bits per heavy atom. The van der Waals surface area contributed by atoms with Crippen LogP contribution in [0.5, 0.6) is 5.75 Å². The first-order valence-corrected chi connectivity index (χ1v) is 19.1. The van der Waals surface area contributed by atoms with Gasteiger partial charge in [0.1, 0.15) is 5.82 Å². The molecule has 8 rings (SSSR count). The Kier molecular flexibility index (Phi) is 10.5. The molecule has 6 aromatic rings. The Morgan fingerprint density at radius 1 is 1.09 bits per heavy atom. The minimum absolute atomic E-state index is 0.235. The number of halogens is 2. The van der Waals surface area contributed by atoms with E-state index in [0.29, 0.717) is 52.8 Å². The van der Waals surface area contributed by atoms with Crippen LogP contribution in [0.25, 0.3) is 32.0 Å². The van der Waals surface area contributed by atoms with Crippen molar-refractivity contribution in [2.45, 2.75) is 71.6 Å². The largest absolute Gasteiger partial charge is 0.493 e. The van der Waals surface area contributed by atoms with Crippen LogP contribution in [0.3, 0.4) is 0 Å². The summed E-state index contributed by atoms with van der Waals surface area (Å²) < 4.78 is 25.2. The van der Waals surface area contributed by atoms with Crippen molar-refractivity contribution in [3.05, 3.63) is 105 Å². The molecule has 3 N–H and O–H groups in total. The summed E-state index contributed by atoms with van der Waals surface area (Å²) in [6.07, 6.45) is 8.09. The number of carbonyl (C=O) groups excluding carboxylic acids is 1. The third-order valence-corrected chi connectivity index (χ3v) is 11.4. The fourth-order valence-electron chi connectivity index (χ4n) is 7.72. The smallest absolute Gasteiger partial charge is 0.251 e. The summed E-state index contributed by atoms with van der Waals surface area (Å²) in [5.41, 5.74) is 14.3. The highest BCUT2D eigenvalue weighted by molar-refractivity contribution is 7.23. The Balaban J connectivity index is 0.000000306. The minimum Gasteiger partial charge on any atom is -0.493 e. The van der Waals surface area contributed by atoms with Gasteiger partial charge >= 0.3 is 0 Å². The number of aromatic nitrogens is 4. The highest BCUT2D eigenvalue weighted by atomic mass is 35.5. The van der Waals surface area contributed by atoms with Crippen molar-refractivity contribution in [3.8, 4) is 27.6 Å². The van der Waals surface area contributed by atoms with Gasteiger partial charge in [-0.25, -0.2) is 9.37 Å². The summed E-state index contributed by atoms with van der Waals surface area (Å²) in [7, 11) is 3.37. The predicted molar refractivity (Wildman–Crippen MR) is 209 cm³/mol. The molecular formula is C41H42ClFN6O3S. The highest BCUT2D eigenvalue weighted by Crippen LogP contribution is 2.46. The van der Waals surface area contributed by atoms with Crippen LogP contribution < -0.4 is 15.8 Å². The lowest BCUT2D eigenvalue weighted by Gasteiger charge is -2.21. The summed E-state index contributed by atoms with van der Waals surface area (Å²) in [4.78, 5) is 23.8. The molecule has 2 aliphatic rings. The van der Waals surface area contributed by atoms with Gasteiger partial charge in [-0.2, -0.15) is 0 Å². The van der Waals surface area contributed by atoms with Crippen LogP contribution in [-0.4, -0.2) is 40.2 Å². The highest BCUT2D eigenvalue weighted by Gasteiger charge is 2.32. The number of carbonyl (C=O) groups is 1. The van der Waals surface area contributed by atoms with E-state index in [1.807, 2.05) is 25.2 Å². The molecule has 1 atom stereocenters. The van der Waals surface area contributed by atoms with Gasteiger partial charge in [-0.05, 0) is 109 Å². The number of hydrogen-bond donors (Lipinski definition) is 2. The second kappa shape index (κ2) is 15.2. The van der Waals surface area contributed by atoms with Gasteiger partial charge in [-0.15, -0.1) is 21.5 Å². The number of methoxy groups -OCH3 is 1. The van der Waals surface area contributed by atoms with E-state index in [0.717, 1.165) is 69.2 Å². The number of thiophene rings is 1. The molecule has 0 aliphatic heterocycles. The van der Waals surface area contributed by atoms with E-state index in [1.165, 1.54) is 29.9 Å². The van der Waals surface area contributed by atoms with E-state index in [1.54, 1.807) is 24.5 Å². The number of anilines is 1. The van der Waals surface area contributed by atoms with Crippen molar-refractivity contribution in [2.75, 3.05) is 19.5 Å². The molecule has 0 unspecified atom stereocenters. The number of amides is 1. The number of aryl methyl sites for hydroxylation is 3. The number of nitrogens with zero attached hydrogens (tertiary/aromatic N) is 4. The second-order valence-electron chi connectivity index (χ2n) is 14.0. The lowest BCUT2D eigenvalue weighted by molar-refractivity contribution is 0.0999. The summed E-state index contributed by atoms with van der Waals surface area (Å²) in [5.74, 6) is 1.71. The first kappa shape index (κ1) is 36.5. The topological polar surface area (TPSA) is 129 Å². The first-order valence-electron chi connectivity index (χ1n) is 17.9. The van der Waals surface area contributed by atoms with Crippen molar-refractivity contribution < 1.29 is 18.3 Å². The van der Waals surface area contributed by atoms with Crippen LogP contribution in [0.1, 0.15) is 82.5 Å². The van der Waals surface area contributed by atoms with Gasteiger partial charge < -0.3 is 20.2 Å². The Bertz CT molecular complexity index is 2340. The van der Waals surface area contributed by atoms with Crippen LogP contribution in [0.2, 0.25) is 5.02 Å². The Hall–Kier alpha value is -4.87. The zero-order chi connectivity index (χ0) is 37.4. The van der Waals surface area contributed by atoms with Crippen LogP contribution in [0, 0.1) is 18.7 Å². The molecule has 1 amide bonds. The van der Waals surface area contributed by atoms with Crippen molar-refractivity contribution in [1.29, 1.82) is 0 Å². The van der Waals surface area contributed by atoms with E-state index < -0.39 is 5.91 Å². The van der Waals surface area contributed by atoms with E-state index >= 15 is 0 Å². The molecule has 274 valence electrons. The van der Waals surface area contributed by atoms with Gasteiger partial charge in [0.05, 0.1) is 34.3 Å². The number of pyridine rings is 2. The standard InChI is InChI=1S/C31H31ClN6O2S.C10H11FO/c1-15(2)11-22-25(29(33)39)27(24-14-19-9-10-35-30(34-4)28(19)41-24)26(31-38-37-16(3)40-31)23(36-22)13-18-6-5-17-12-20(32)7-8-21(17)18;1-12-10-8-4-2-3-7(8)5-6-9(10)11/h7-10,12,14-15,18H,5-6,11,13H2,1-4H3,(H2,33,39)(H,34,35);5-6H,2-4H2,1H3/t18-;/m1./s1. The SMILES string of the molecule is CNc1nccc2cc(-c3c(C(N)=O)c(CC(C)C)nc(C[C@H]4CCc5cc(Cl)ccc54)c3-c3nnc(C)o3)sc12.COc1c(F)ccc2c1CCC2. The van der Waals surface area contributed by atoms with E-state index in [-0.39, 0.29) is 17.7 Å². The fourth-order valence-corrected chi connectivity index (χ4v) is 9.12. The van der Waals surface area contributed by atoms with Crippen molar-refractivity contribution in [3.63, 3.8) is 0 Å². The van der Waals surface area contributed by atoms with Crippen molar-refractivity contribution in [2.24, 2.45) is 11.7 Å². The molecule has 0 fully saturated rings. The quantitative estimate of drug-likeness (QED) is 0.150. The zero-order valence-corrected chi connectivity index (χ0v) is 32.1. The average Bonchev–Trinajstić information content (AvgIpc) is 3.94. The van der Waals surface area contributed by atoms with Gasteiger partial charge in [-0.1, -0.05) is 37.6 Å². The predicted octanol–water partition coefficient (Wildman–Crippen LogP) is 9.30. The zero-order valence-electron chi connectivity index (χ0n) is 30.5. The monoisotopic (exact) mass is 752 g/mol. The summed E-state index contributed by atoms with van der Waals surface area (Å²) in [6.45, 7) is 5.98. The molecule has 2 aliphatic carbocycles. The van der Waals surface area contributed by atoms with Gasteiger partial charge in [-0.3, -0.25) is 9.78 Å². The van der Waals surface area contributed by atoms with Crippen LogP contribution in [0.4, 0.5) is 10.2 Å². The Morgan fingerprint density at radius 2 is 1.92 bits per heavy atom. The number of fused-ring (bicyclic) bond motifs is 3. The molecule has 0 saturated carbocycles. The lowest BCUT2D eigenvalue weighted by atomic mass is 9.88. The number of primary amides is 1. The molecule has 12 heteroatoms. The third-order valence-electron chi connectivity index (χ3n) is 9.98. The molecule has 0 bridgehead atoms. The normalized spacial score (nSPS) is 14.6. The van der Waals surface area contributed by atoms with Crippen molar-refractivity contribution >= 4 is 44.7 Å². The van der Waals surface area contributed by atoms with Crippen LogP contribution >= 0.6 is 22.9 Å². The molecule has 4 aromatic heterocycles. The molecule has 0 radical (unpaired) electrons. The maximum absolute atomic E-state index is 13.3. The van der Waals surface area contributed by atoms with Crippen LogP contribution in [-0.2, 0) is 32.1 Å². The molecule has 0 spiro atoms. The summed E-state index contributed by atoms with van der Waals surface area (Å²) >= 11 is 7.86. The average molecular weight is 753 g/mol.